The fourth-order valence-corrected chi connectivity index (χ4v) is 3.26. The molecule has 2 atom stereocenters. The lowest BCUT2D eigenvalue weighted by Crippen LogP contribution is -2.48. The van der Waals surface area contributed by atoms with E-state index in [1.807, 2.05) is 0 Å². The normalized spacial score (nSPS) is 24.6. The molecule has 1 fully saturated rings. The van der Waals surface area contributed by atoms with Gasteiger partial charge in [0.05, 0.1) is 0 Å². The van der Waals surface area contributed by atoms with Crippen LogP contribution < -0.4 is 5.32 Å². The molecule has 0 radical (unpaired) electrons. The van der Waals surface area contributed by atoms with E-state index in [4.69, 9.17) is 0 Å². The molecular formula is C17H28N2. The molecule has 1 aromatic rings. The maximum atomic E-state index is 3.65. The lowest BCUT2D eigenvalue weighted by Gasteiger charge is -2.38. The fraction of sp³-hybridized carbons (Fsp3) is 0.647. The SMILES string of the molecule is CCNC1CCN(Cc2cccc(C)c2)CC1CC. The lowest BCUT2D eigenvalue weighted by molar-refractivity contribution is 0.129. The van der Waals surface area contributed by atoms with E-state index < -0.39 is 0 Å². The molecule has 0 aromatic heterocycles. The van der Waals surface area contributed by atoms with Gasteiger partial charge in [0.2, 0.25) is 0 Å². The van der Waals surface area contributed by atoms with Gasteiger partial charge in [0.25, 0.3) is 0 Å². The molecule has 0 saturated carbocycles. The third kappa shape index (κ3) is 4.05. The minimum absolute atomic E-state index is 0.726. The monoisotopic (exact) mass is 260 g/mol. The van der Waals surface area contributed by atoms with E-state index in [0.717, 1.165) is 25.0 Å². The highest BCUT2D eigenvalue weighted by Crippen LogP contribution is 2.22. The summed E-state index contributed by atoms with van der Waals surface area (Å²) in [6, 6.07) is 9.65. The minimum atomic E-state index is 0.726. The molecule has 1 saturated heterocycles. The van der Waals surface area contributed by atoms with Crippen LogP contribution in [0.2, 0.25) is 0 Å². The Balaban J connectivity index is 1.92. The molecule has 106 valence electrons. The van der Waals surface area contributed by atoms with Gasteiger partial charge >= 0.3 is 0 Å². The van der Waals surface area contributed by atoms with Crippen molar-refractivity contribution < 1.29 is 0 Å². The van der Waals surface area contributed by atoms with Crippen LogP contribution >= 0.6 is 0 Å². The fourth-order valence-electron chi connectivity index (χ4n) is 3.26. The second kappa shape index (κ2) is 7.06. The van der Waals surface area contributed by atoms with Crippen LogP contribution in [0.4, 0.5) is 0 Å². The largest absolute Gasteiger partial charge is 0.314 e. The van der Waals surface area contributed by atoms with E-state index >= 15 is 0 Å². The second-order valence-corrected chi connectivity index (χ2v) is 5.85. The molecule has 19 heavy (non-hydrogen) atoms. The number of likely N-dealkylation sites (tertiary alicyclic amines) is 1. The van der Waals surface area contributed by atoms with Crippen LogP contribution in [0.5, 0.6) is 0 Å². The Morgan fingerprint density at radius 2 is 2.16 bits per heavy atom. The van der Waals surface area contributed by atoms with Gasteiger partial charge in [-0.1, -0.05) is 50.1 Å². The highest BCUT2D eigenvalue weighted by Gasteiger charge is 2.27. The van der Waals surface area contributed by atoms with E-state index in [-0.39, 0.29) is 0 Å². The minimum Gasteiger partial charge on any atom is -0.314 e. The van der Waals surface area contributed by atoms with Gasteiger partial charge in [0.1, 0.15) is 0 Å². The first kappa shape index (κ1) is 14.5. The Morgan fingerprint density at radius 1 is 1.32 bits per heavy atom. The van der Waals surface area contributed by atoms with Gasteiger partial charge in [0.15, 0.2) is 0 Å². The van der Waals surface area contributed by atoms with Crippen LogP contribution in [0.25, 0.3) is 0 Å². The van der Waals surface area contributed by atoms with Crippen molar-refractivity contribution in [1.82, 2.24) is 10.2 Å². The predicted octanol–water partition coefficient (Wildman–Crippen LogP) is 3.21. The van der Waals surface area contributed by atoms with Crippen LogP contribution in [0.15, 0.2) is 24.3 Å². The summed E-state index contributed by atoms with van der Waals surface area (Å²) >= 11 is 0. The topological polar surface area (TPSA) is 15.3 Å². The standard InChI is InChI=1S/C17H28N2/c1-4-16-13-19(10-9-17(16)18-5-2)12-15-8-6-7-14(3)11-15/h6-8,11,16-18H,4-5,9-10,12-13H2,1-3H3. The maximum absolute atomic E-state index is 3.65. The zero-order valence-electron chi connectivity index (χ0n) is 12.7. The molecule has 1 aromatic carbocycles. The van der Waals surface area contributed by atoms with E-state index in [1.165, 1.54) is 37.1 Å². The van der Waals surface area contributed by atoms with Crippen molar-refractivity contribution >= 4 is 0 Å². The van der Waals surface area contributed by atoms with Crippen molar-refractivity contribution in [2.45, 2.75) is 46.2 Å². The van der Waals surface area contributed by atoms with Crippen LogP contribution in [-0.2, 0) is 6.54 Å². The summed E-state index contributed by atoms with van der Waals surface area (Å²) in [6.45, 7) is 11.4. The number of benzene rings is 1. The summed E-state index contributed by atoms with van der Waals surface area (Å²) in [6.07, 6.45) is 2.57. The second-order valence-electron chi connectivity index (χ2n) is 5.85. The number of hydrogen-bond donors (Lipinski definition) is 1. The number of aryl methyl sites for hydroxylation is 1. The first-order valence-electron chi connectivity index (χ1n) is 7.74. The number of rotatable bonds is 5. The Bertz CT molecular complexity index is 389. The smallest absolute Gasteiger partial charge is 0.0233 e. The number of hydrogen-bond acceptors (Lipinski definition) is 2. The average molecular weight is 260 g/mol. The Morgan fingerprint density at radius 3 is 2.84 bits per heavy atom. The molecular weight excluding hydrogens is 232 g/mol. The number of nitrogens with zero attached hydrogens (tertiary/aromatic N) is 1. The third-order valence-electron chi connectivity index (χ3n) is 4.30. The van der Waals surface area contributed by atoms with Crippen molar-refractivity contribution in [3.05, 3.63) is 35.4 Å². The summed E-state index contributed by atoms with van der Waals surface area (Å²) < 4.78 is 0. The van der Waals surface area contributed by atoms with E-state index in [0.29, 0.717) is 0 Å². The summed E-state index contributed by atoms with van der Waals surface area (Å²) in [4.78, 5) is 2.62. The summed E-state index contributed by atoms with van der Waals surface area (Å²) in [5, 5.41) is 3.65. The molecule has 2 unspecified atom stereocenters. The van der Waals surface area contributed by atoms with Gasteiger partial charge in [0, 0.05) is 19.1 Å². The first-order chi connectivity index (χ1) is 9.22. The first-order valence-corrected chi connectivity index (χ1v) is 7.74. The summed E-state index contributed by atoms with van der Waals surface area (Å²) in [5.74, 6) is 0.804. The lowest BCUT2D eigenvalue weighted by atomic mass is 9.89. The van der Waals surface area contributed by atoms with Gasteiger partial charge in [-0.15, -0.1) is 0 Å². The predicted molar refractivity (Wildman–Crippen MR) is 82.3 cm³/mol. The molecule has 2 nitrogen and oxygen atoms in total. The van der Waals surface area contributed by atoms with Crippen molar-refractivity contribution in [3.63, 3.8) is 0 Å². The highest BCUT2D eigenvalue weighted by atomic mass is 15.1. The molecule has 2 rings (SSSR count). The van der Waals surface area contributed by atoms with Gasteiger partial charge in [-0.05, 0) is 37.9 Å². The van der Waals surface area contributed by atoms with Gasteiger partial charge < -0.3 is 5.32 Å². The number of piperidine rings is 1. The Hall–Kier alpha value is -0.860. The summed E-state index contributed by atoms with van der Waals surface area (Å²) in [5.41, 5.74) is 2.82. The van der Waals surface area contributed by atoms with Crippen LogP contribution in [-0.4, -0.2) is 30.6 Å². The molecule has 0 bridgehead atoms. The van der Waals surface area contributed by atoms with Crippen molar-refractivity contribution in [3.8, 4) is 0 Å². The summed E-state index contributed by atoms with van der Waals surface area (Å²) in [7, 11) is 0. The van der Waals surface area contributed by atoms with E-state index in [9.17, 15) is 0 Å². The molecule has 0 amide bonds. The van der Waals surface area contributed by atoms with Crippen LogP contribution in [0.1, 0.15) is 37.8 Å². The third-order valence-corrected chi connectivity index (χ3v) is 4.30. The highest BCUT2D eigenvalue weighted by molar-refractivity contribution is 5.22. The molecule has 1 N–H and O–H groups in total. The molecule has 1 heterocycles. The van der Waals surface area contributed by atoms with Crippen molar-refractivity contribution in [1.29, 1.82) is 0 Å². The molecule has 0 aliphatic carbocycles. The van der Waals surface area contributed by atoms with Crippen LogP contribution in [0, 0.1) is 12.8 Å². The number of nitrogens with one attached hydrogen (secondary N) is 1. The maximum Gasteiger partial charge on any atom is 0.0233 e. The molecule has 1 aliphatic rings. The zero-order chi connectivity index (χ0) is 13.7. The van der Waals surface area contributed by atoms with Crippen molar-refractivity contribution in [2.75, 3.05) is 19.6 Å². The average Bonchev–Trinajstić information content (AvgIpc) is 2.41. The van der Waals surface area contributed by atoms with Gasteiger partial charge in [-0.3, -0.25) is 4.90 Å². The van der Waals surface area contributed by atoms with E-state index in [1.54, 1.807) is 0 Å². The van der Waals surface area contributed by atoms with Crippen molar-refractivity contribution in [2.24, 2.45) is 5.92 Å². The Labute approximate surface area is 118 Å². The molecule has 2 heteroatoms. The van der Waals surface area contributed by atoms with E-state index in [2.05, 4.69) is 55.3 Å². The quantitative estimate of drug-likeness (QED) is 0.874. The Kier molecular flexibility index (Phi) is 5.41. The van der Waals surface area contributed by atoms with Gasteiger partial charge in [-0.25, -0.2) is 0 Å². The van der Waals surface area contributed by atoms with Gasteiger partial charge in [-0.2, -0.15) is 0 Å². The zero-order valence-corrected chi connectivity index (χ0v) is 12.7. The molecule has 0 spiro atoms. The van der Waals surface area contributed by atoms with Crippen LogP contribution in [0.3, 0.4) is 0 Å². The molecule has 1 aliphatic heterocycles.